The molecule has 14 heavy (non-hydrogen) atoms. The van der Waals surface area contributed by atoms with Crippen LogP contribution >= 0.6 is 23.1 Å². The van der Waals surface area contributed by atoms with Crippen LogP contribution in [-0.4, -0.2) is 23.0 Å². The molecule has 0 radical (unpaired) electrons. The first-order chi connectivity index (χ1) is 6.66. The summed E-state index contributed by atoms with van der Waals surface area (Å²) >= 11 is 3.82. The highest BCUT2D eigenvalue weighted by Gasteiger charge is 2.40. The maximum atomic E-state index is 4.61. The molecule has 0 aromatic carbocycles. The van der Waals surface area contributed by atoms with Crippen molar-refractivity contribution >= 4 is 23.1 Å². The summed E-state index contributed by atoms with van der Waals surface area (Å²) in [4.78, 5) is 4.61. The number of aromatic nitrogens is 1. The number of aryl methyl sites for hydroxylation is 1. The molecule has 78 valence electrons. The Morgan fingerprint density at radius 3 is 2.86 bits per heavy atom. The summed E-state index contributed by atoms with van der Waals surface area (Å²) in [7, 11) is 2.05. The van der Waals surface area contributed by atoms with Gasteiger partial charge in [0.2, 0.25) is 0 Å². The largest absolute Gasteiger partial charge is 0.308 e. The first kappa shape index (κ1) is 10.5. The number of hydrogen-bond donors (Lipinski definition) is 1. The van der Waals surface area contributed by atoms with Crippen LogP contribution in [0.15, 0.2) is 5.38 Å². The standard InChI is InChI=1S/C10H16N2S2/c1-7-5-13-9(12-7)10(11-3)4-8(2)14-6-10/h5,8,11H,4,6H2,1-3H3. The Kier molecular flexibility index (Phi) is 2.86. The first-order valence-corrected chi connectivity index (χ1v) is 6.82. The van der Waals surface area contributed by atoms with Crippen molar-refractivity contribution in [1.29, 1.82) is 0 Å². The van der Waals surface area contributed by atoms with Gasteiger partial charge in [0.25, 0.3) is 0 Å². The van der Waals surface area contributed by atoms with Crippen LogP contribution < -0.4 is 5.32 Å². The second kappa shape index (κ2) is 3.83. The molecule has 1 aliphatic rings. The minimum absolute atomic E-state index is 0.142. The lowest BCUT2D eigenvalue weighted by molar-refractivity contribution is 0.393. The zero-order valence-corrected chi connectivity index (χ0v) is 10.5. The van der Waals surface area contributed by atoms with E-state index in [1.807, 2.05) is 11.8 Å². The lowest BCUT2D eigenvalue weighted by atomic mass is 9.97. The maximum absolute atomic E-state index is 4.61. The fourth-order valence-corrected chi connectivity index (χ4v) is 4.37. The van der Waals surface area contributed by atoms with Crippen molar-refractivity contribution in [3.63, 3.8) is 0 Å². The monoisotopic (exact) mass is 228 g/mol. The number of nitrogens with one attached hydrogen (secondary N) is 1. The van der Waals surface area contributed by atoms with Crippen LogP contribution in [0, 0.1) is 6.92 Å². The topological polar surface area (TPSA) is 24.9 Å². The highest BCUT2D eigenvalue weighted by Crippen LogP contribution is 2.42. The molecule has 0 amide bonds. The summed E-state index contributed by atoms with van der Waals surface area (Å²) in [6.45, 7) is 4.36. The highest BCUT2D eigenvalue weighted by molar-refractivity contribution is 8.00. The summed E-state index contributed by atoms with van der Waals surface area (Å²) in [6.07, 6.45) is 1.20. The van der Waals surface area contributed by atoms with Gasteiger partial charge in [-0.3, -0.25) is 0 Å². The molecule has 0 spiro atoms. The maximum Gasteiger partial charge on any atom is 0.114 e. The van der Waals surface area contributed by atoms with Crippen LogP contribution in [-0.2, 0) is 5.54 Å². The van der Waals surface area contributed by atoms with Crippen molar-refractivity contribution in [1.82, 2.24) is 10.3 Å². The minimum atomic E-state index is 0.142. The SMILES string of the molecule is CNC1(c2nc(C)cs2)CSC(C)C1. The molecular weight excluding hydrogens is 212 g/mol. The number of rotatable bonds is 2. The van der Waals surface area contributed by atoms with Crippen molar-refractivity contribution in [3.8, 4) is 0 Å². The molecule has 0 saturated carbocycles. The second-order valence-electron chi connectivity index (χ2n) is 3.95. The van der Waals surface area contributed by atoms with E-state index in [0.29, 0.717) is 0 Å². The van der Waals surface area contributed by atoms with Gasteiger partial charge in [0.1, 0.15) is 5.01 Å². The molecule has 1 fully saturated rings. The summed E-state index contributed by atoms with van der Waals surface area (Å²) in [5.74, 6) is 1.15. The fourth-order valence-electron chi connectivity index (χ4n) is 1.90. The zero-order chi connectivity index (χ0) is 10.2. The molecule has 0 aliphatic carbocycles. The van der Waals surface area contributed by atoms with Crippen molar-refractivity contribution < 1.29 is 0 Å². The van der Waals surface area contributed by atoms with Crippen molar-refractivity contribution in [2.75, 3.05) is 12.8 Å². The van der Waals surface area contributed by atoms with E-state index in [2.05, 4.69) is 36.6 Å². The van der Waals surface area contributed by atoms with Crippen molar-refractivity contribution in [2.24, 2.45) is 0 Å². The van der Waals surface area contributed by atoms with Gasteiger partial charge in [-0.2, -0.15) is 11.8 Å². The summed E-state index contributed by atoms with van der Waals surface area (Å²) in [6, 6.07) is 0. The fraction of sp³-hybridized carbons (Fsp3) is 0.700. The summed E-state index contributed by atoms with van der Waals surface area (Å²) in [5.41, 5.74) is 1.28. The Morgan fingerprint density at radius 2 is 2.43 bits per heavy atom. The Bertz CT molecular complexity index is 324. The molecule has 2 rings (SSSR count). The van der Waals surface area contributed by atoms with Gasteiger partial charge < -0.3 is 5.32 Å². The molecule has 2 heterocycles. The normalized spacial score (nSPS) is 32.4. The van der Waals surface area contributed by atoms with Gasteiger partial charge in [0, 0.05) is 22.1 Å². The van der Waals surface area contributed by atoms with Gasteiger partial charge >= 0.3 is 0 Å². The van der Waals surface area contributed by atoms with Crippen LogP contribution in [0.5, 0.6) is 0 Å². The second-order valence-corrected chi connectivity index (χ2v) is 6.24. The Labute approximate surface area is 93.5 Å². The predicted molar refractivity (Wildman–Crippen MR) is 64.1 cm³/mol. The number of nitrogens with zero attached hydrogens (tertiary/aromatic N) is 1. The van der Waals surface area contributed by atoms with Gasteiger partial charge in [-0.15, -0.1) is 11.3 Å². The molecule has 1 aromatic rings. The summed E-state index contributed by atoms with van der Waals surface area (Å²) < 4.78 is 0. The third kappa shape index (κ3) is 1.71. The molecule has 4 heteroatoms. The van der Waals surface area contributed by atoms with Crippen LogP contribution in [0.25, 0.3) is 0 Å². The van der Waals surface area contributed by atoms with Crippen LogP contribution in [0.3, 0.4) is 0 Å². The van der Waals surface area contributed by atoms with Gasteiger partial charge in [0.05, 0.1) is 5.54 Å². The van der Waals surface area contributed by atoms with E-state index in [9.17, 15) is 0 Å². The number of thioether (sulfide) groups is 1. The molecule has 1 saturated heterocycles. The molecular formula is C10H16N2S2. The smallest absolute Gasteiger partial charge is 0.114 e. The summed E-state index contributed by atoms with van der Waals surface area (Å²) in [5, 5.41) is 7.61. The highest BCUT2D eigenvalue weighted by atomic mass is 32.2. The minimum Gasteiger partial charge on any atom is -0.308 e. The Morgan fingerprint density at radius 1 is 1.64 bits per heavy atom. The van der Waals surface area contributed by atoms with E-state index in [4.69, 9.17) is 0 Å². The van der Waals surface area contributed by atoms with E-state index >= 15 is 0 Å². The molecule has 1 N–H and O–H groups in total. The molecule has 1 aromatic heterocycles. The zero-order valence-electron chi connectivity index (χ0n) is 8.83. The number of hydrogen-bond acceptors (Lipinski definition) is 4. The van der Waals surface area contributed by atoms with Gasteiger partial charge in [0.15, 0.2) is 0 Å². The molecule has 2 unspecified atom stereocenters. The third-order valence-electron chi connectivity index (χ3n) is 2.76. The van der Waals surface area contributed by atoms with Crippen molar-refractivity contribution in [3.05, 3.63) is 16.1 Å². The lowest BCUT2D eigenvalue weighted by Gasteiger charge is -2.25. The molecule has 1 aliphatic heterocycles. The third-order valence-corrected chi connectivity index (χ3v) is 5.32. The van der Waals surface area contributed by atoms with Gasteiger partial charge in [-0.05, 0) is 20.4 Å². The van der Waals surface area contributed by atoms with E-state index in [-0.39, 0.29) is 5.54 Å². The van der Waals surface area contributed by atoms with E-state index in [1.54, 1.807) is 11.3 Å². The van der Waals surface area contributed by atoms with Gasteiger partial charge in [-0.1, -0.05) is 6.92 Å². The van der Waals surface area contributed by atoms with E-state index in [1.165, 1.54) is 11.4 Å². The first-order valence-electron chi connectivity index (χ1n) is 4.89. The lowest BCUT2D eigenvalue weighted by Crippen LogP contribution is -2.40. The molecule has 2 nitrogen and oxygen atoms in total. The quantitative estimate of drug-likeness (QED) is 0.841. The predicted octanol–water partition coefficient (Wildman–Crippen LogP) is 2.39. The van der Waals surface area contributed by atoms with E-state index in [0.717, 1.165) is 16.7 Å². The van der Waals surface area contributed by atoms with Crippen LogP contribution in [0.2, 0.25) is 0 Å². The van der Waals surface area contributed by atoms with Crippen molar-refractivity contribution in [2.45, 2.75) is 31.1 Å². The number of thiazole rings is 1. The average Bonchev–Trinajstić information content (AvgIpc) is 2.73. The average molecular weight is 228 g/mol. The van der Waals surface area contributed by atoms with E-state index < -0.39 is 0 Å². The Hall–Kier alpha value is -0.0600. The molecule has 0 bridgehead atoms. The van der Waals surface area contributed by atoms with Gasteiger partial charge in [-0.25, -0.2) is 4.98 Å². The van der Waals surface area contributed by atoms with Crippen LogP contribution in [0.4, 0.5) is 0 Å². The van der Waals surface area contributed by atoms with Crippen LogP contribution in [0.1, 0.15) is 24.0 Å². The Balaban J connectivity index is 2.29. The molecule has 2 atom stereocenters.